The summed E-state index contributed by atoms with van der Waals surface area (Å²) in [6.07, 6.45) is 1.82. The Morgan fingerprint density at radius 3 is 2.29 bits per heavy atom. The average Bonchev–Trinajstić information content (AvgIpc) is 3.46. The number of rotatable bonds is 17. The van der Waals surface area contributed by atoms with Crippen molar-refractivity contribution in [3.05, 3.63) is 77.9 Å². The minimum Gasteiger partial charge on any atom is -0.493 e. The second-order valence-electron chi connectivity index (χ2n) is 11.9. The van der Waals surface area contributed by atoms with Crippen LogP contribution >= 0.6 is 0 Å². The van der Waals surface area contributed by atoms with Gasteiger partial charge in [0.25, 0.3) is 5.91 Å². The van der Waals surface area contributed by atoms with Crippen molar-refractivity contribution in [3.8, 4) is 17.2 Å². The van der Waals surface area contributed by atoms with Crippen molar-refractivity contribution in [2.75, 3.05) is 32.2 Å². The summed E-state index contributed by atoms with van der Waals surface area (Å²) in [4.78, 5) is 39.7. The molecule has 0 bridgehead atoms. The summed E-state index contributed by atoms with van der Waals surface area (Å²) in [5.74, 6) is 0.986. The zero-order valence-corrected chi connectivity index (χ0v) is 28.2. The molecule has 0 unspecified atom stereocenters. The third-order valence-corrected chi connectivity index (χ3v) is 7.58. The number of unbranched alkanes of at least 4 members (excludes halogenated alkanes) is 1. The number of amides is 3. The molecule has 0 fully saturated rings. The minimum absolute atomic E-state index is 0.0483. The molecule has 12 heteroatoms. The zero-order valence-electron chi connectivity index (χ0n) is 28.2. The highest BCUT2D eigenvalue weighted by Gasteiger charge is 2.23. The first kappa shape index (κ1) is 35.7. The fourth-order valence-electron chi connectivity index (χ4n) is 5.24. The summed E-state index contributed by atoms with van der Waals surface area (Å²) >= 11 is 0. The first-order chi connectivity index (χ1) is 23.1. The zero-order chi connectivity index (χ0) is 34.6. The lowest BCUT2D eigenvalue weighted by atomic mass is 10.1. The number of carbonyl (C=O) groups is 3. The number of fused-ring (bicyclic) bond motifs is 1. The predicted octanol–water partition coefficient (Wildman–Crippen LogP) is 4.96. The van der Waals surface area contributed by atoms with Gasteiger partial charge < -0.3 is 40.0 Å². The Kier molecular flexibility index (Phi) is 12.8. The molecule has 0 radical (unpaired) electrons. The van der Waals surface area contributed by atoms with Crippen LogP contribution < -0.4 is 30.6 Å². The summed E-state index contributed by atoms with van der Waals surface area (Å²) in [7, 11) is 1.56. The van der Waals surface area contributed by atoms with Crippen LogP contribution in [-0.2, 0) is 16.0 Å². The standard InChI is InChI=1S/C36H45N5O7/c1-23(2)41(24(3)4)36(44)26-13-16-30(32(20-26)45-5)47-18-10-9-17-46-27-14-15-28-31(21-27)48-40-34(28)39-33(42)22-38-35(43)29(37)19-25-11-7-6-8-12-25/h6-8,11-16,20-21,23-24,29H,9-10,17-19,22,37H2,1-5H3,(H,38,43)(H,39,40,42)/t29-/m0/s1. The van der Waals surface area contributed by atoms with Gasteiger partial charge in [-0.05, 0) is 82.9 Å². The second kappa shape index (κ2) is 17.2. The van der Waals surface area contributed by atoms with Crippen LogP contribution in [0.15, 0.2) is 71.3 Å². The fraction of sp³-hybridized carbons (Fsp3) is 0.389. The van der Waals surface area contributed by atoms with Crippen molar-refractivity contribution in [1.82, 2.24) is 15.4 Å². The third kappa shape index (κ3) is 9.71. The minimum atomic E-state index is -0.774. The van der Waals surface area contributed by atoms with E-state index in [-0.39, 0.29) is 30.4 Å². The molecule has 1 heterocycles. The average molecular weight is 660 g/mol. The summed E-state index contributed by atoms with van der Waals surface area (Å²) in [5.41, 5.74) is 7.92. The number of carbonyl (C=O) groups excluding carboxylic acids is 3. The highest BCUT2D eigenvalue weighted by Crippen LogP contribution is 2.30. The molecule has 4 rings (SSSR count). The summed E-state index contributed by atoms with van der Waals surface area (Å²) < 4.78 is 22.7. The quantitative estimate of drug-likeness (QED) is 0.133. The van der Waals surface area contributed by atoms with Crippen molar-refractivity contribution in [2.24, 2.45) is 5.73 Å². The van der Waals surface area contributed by atoms with Crippen LogP contribution in [0.4, 0.5) is 5.82 Å². The van der Waals surface area contributed by atoms with Crippen LogP contribution in [0.5, 0.6) is 17.2 Å². The van der Waals surface area contributed by atoms with E-state index in [0.29, 0.717) is 53.4 Å². The SMILES string of the molecule is COc1cc(C(=O)N(C(C)C)C(C)C)ccc1OCCCCOc1ccc2c(NC(=O)CNC(=O)[C@@H](N)Cc3ccccc3)noc2c1. The van der Waals surface area contributed by atoms with Crippen LogP contribution in [-0.4, -0.2) is 72.8 Å². The maximum atomic E-state index is 13.1. The van der Waals surface area contributed by atoms with E-state index in [0.717, 1.165) is 18.4 Å². The molecule has 0 spiro atoms. The van der Waals surface area contributed by atoms with E-state index in [4.69, 9.17) is 24.5 Å². The lowest BCUT2D eigenvalue weighted by molar-refractivity contribution is -0.125. The van der Waals surface area contributed by atoms with Crippen molar-refractivity contribution in [2.45, 2.75) is 65.1 Å². The molecule has 0 aliphatic carbocycles. The molecule has 0 aliphatic heterocycles. The van der Waals surface area contributed by atoms with Gasteiger partial charge in [-0.25, -0.2) is 0 Å². The van der Waals surface area contributed by atoms with E-state index in [2.05, 4.69) is 15.8 Å². The van der Waals surface area contributed by atoms with Gasteiger partial charge in [-0.1, -0.05) is 35.5 Å². The van der Waals surface area contributed by atoms with E-state index in [1.807, 2.05) is 62.9 Å². The van der Waals surface area contributed by atoms with Gasteiger partial charge in [0.1, 0.15) is 5.75 Å². The van der Waals surface area contributed by atoms with Gasteiger partial charge in [0.2, 0.25) is 11.8 Å². The maximum absolute atomic E-state index is 13.1. The highest BCUT2D eigenvalue weighted by atomic mass is 16.5. The molecular formula is C36H45N5O7. The number of nitrogens with two attached hydrogens (primary N) is 1. The molecule has 1 atom stereocenters. The Labute approximate surface area is 280 Å². The molecule has 3 amide bonds. The van der Waals surface area contributed by atoms with E-state index < -0.39 is 17.9 Å². The van der Waals surface area contributed by atoms with Gasteiger partial charge in [0, 0.05) is 23.7 Å². The Hall–Kier alpha value is -5.10. The Morgan fingerprint density at radius 1 is 0.896 bits per heavy atom. The Morgan fingerprint density at radius 2 is 1.60 bits per heavy atom. The Balaban J connectivity index is 1.19. The third-order valence-electron chi connectivity index (χ3n) is 7.58. The topological polar surface area (TPSA) is 158 Å². The van der Waals surface area contributed by atoms with Gasteiger partial charge >= 0.3 is 0 Å². The van der Waals surface area contributed by atoms with Gasteiger partial charge in [0.15, 0.2) is 22.9 Å². The lowest BCUT2D eigenvalue weighted by Gasteiger charge is -2.31. The molecule has 0 saturated carbocycles. The van der Waals surface area contributed by atoms with E-state index >= 15 is 0 Å². The molecule has 0 aliphatic rings. The number of hydrogen-bond acceptors (Lipinski definition) is 9. The molecule has 256 valence electrons. The van der Waals surface area contributed by atoms with Crippen LogP contribution in [0.1, 0.15) is 56.5 Å². The van der Waals surface area contributed by atoms with E-state index in [1.165, 1.54) is 0 Å². The molecule has 4 N–H and O–H groups in total. The van der Waals surface area contributed by atoms with Gasteiger partial charge in [-0.15, -0.1) is 0 Å². The summed E-state index contributed by atoms with van der Waals surface area (Å²) in [5, 5.41) is 9.76. The van der Waals surface area contributed by atoms with Crippen LogP contribution in [0, 0.1) is 0 Å². The highest BCUT2D eigenvalue weighted by molar-refractivity contribution is 6.01. The van der Waals surface area contributed by atoms with Crippen molar-refractivity contribution >= 4 is 34.5 Å². The number of aromatic nitrogens is 1. The first-order valence-corrected chi connectivity index (χ1v) is 16.1. The number of methoxy groups -OCH3 is 1. The monoisotopic (exact) mass is 659 g/mol. The van der Waals surface area contributed by atoms with Gasteiger partial charge in [0.05, 0.1) is 38.3 Å². The summed E-state index contributed by atoms with van der Waals surface area (Å²) in [6.45, 7) is 8.63. The maximum Gasteiger partial charge on any atom is 0.254 e. The molecule has 1 aromatic heterocycles. The summed E-state index contributed by atoms with van der Waals surface area (Å²) in [6, 6.07) is 19.3. The van der Waals surface area contributed by atoms with Crippen LogP contribution in [0.3, 0.4) is 0 Å². The van der Waals surface area contributed by atoms with E-state index in [1.54, 1.807) is 43.5 Å². The van der Waals surface area contributed by atoms with Crippen LogP contribution in [0.25, 0.3) is 11.0 Å². The number of nitrogens with zero attached hydrogens (tertiary/aromatic N) is 2. The number of hydrogen-bond donors (Lipinski definition) is 3. The molecule has 0 saturated heterocycles. The number of anilines is 1. The number of benzene rings is 3. The molecule has 48 heavy (non-hydrogen) atoms. The van der Waals surface area contributed by atoms with E-state index in [9.17, 15) is 14.4 Å². The fourth-order valence-corrected chi connectivity index (χ4v) is 5.24. The van der Waals surface area contributed by atoms with Crippen molar-refractivity contribution < 1.29 is 33.1 Å². The normalized spacial score (nSPS) is 11.8. The van der Waals surface area contributed by atoms with Crippen molar-refractivity contribution in [3.63, 3.8) is 0 Å². The number of ether oxygens (including phenoxy) is 3. The predicted molar refractivity (Wildman–Crippen MR) is 183 cm³/mol. The second-order valence-corrected chi connectivity index (χ2v) is 11.9. The number of nitrogens with one attached hydrogen (secondary N) is 2. The largest absolute Gasteiger partial charge is 0.493 e. The van der Waals surface area contributed by atoms with Gasteiger partial charge in [-0.2, -0.15) is 0 Å². The van der Waals surface area contributed by atoms with Crippen molar-refractivity contribution in [1.29, 1.82) is 0 Å². The molecular weight excluding hydrogens is 614 g/mol. The lowest BCUT2D eigenvalue weighted by Crippen LogP contribution is -2.44. The van der Waals surface area contributed by atoms with Crippen LogP contribution in [0.2, 0.25) is 0 Å². The smallest absolute Gasteiger partial charge is 0.254 e. The molecule has 4 aromatic rings. The Bertz CT molecular complexity index is 1660. The van der Waals surface area contributed by atoms with Gasteiger partial charge in [-0.3, -0.25) is 14.4 Å². The molecule has 3 aromatic carbocycles. The first-order valence-electron chi connectivity index (χ1n) is 16.1. The molecule has 12 nitrogen and oxygen atoms in total.